The molecule has 0 bridgehead atoms. The van der Waals surface area contributed by atoms with Gasteiger partial charge in [0.25, 0.3) is 0 Å². The molecule has 0 aliphatic heterocycles. The fraction of sp³-hybridized carbons (Fsp3) is 0.250. The summed E-state index contributed by atoms with van der Waals surface area (Å²) in [5, 5.41) is 3.62. The molecular formula is C16H17N. The van der Waals surface area contributed by atoms with Gasteiger partial charge in [-0.05, 0) is 43.0 Å². The number of anilines is 1. The molecule has 1 aliphatic carbocycles. The van der Waals surface area contributed by atoms with Crippen LogP contribution in [0.25, 0.3) is 0 Å². The first-order valence-electron chi connectivity index (χ1n) is 6.21. The zero-order valence-corrected chi connectivity index (χ0v) is 10.1. The second-order valence-corrected chi connectivity index (χ2v) is 4.88. The lowest BCUT2D eigenvalue weighted by atomic mass is 10.1. The van der Waals surface area contributed by atoms with E-state index in [2.05, 4.69) is 60.8 Å². The van der Waals surface area contributed by atoms with E-state index in [-0.39, 0.29) is 0 Å². The number of hydrogen-bond acceptors (Lipinski definition) is 1. The summed E-state index contributed by atoms with van der Waals surface area (Å²) in [6, 6.07) is 17.9. The van der Waals surface area contributed by atoms with Gasteiger partial charge in [0.1, 0.15) is 0 Å². The zero-order valence-electron chi connectivity index (χ0n) is 10.1. The molecule has 2 aromatic rings. The molecule has 17 heavy (non-hydrogen) atoms. The first-order chi connectivity index (χ1) is 8.31. The van der Waals surface area contributed by atoms with E-state index in [1.165, 1.54) is 22.4 Å². The third-order valence-corrected chi connectivity index (χ3v) is 3.47. The number of benzene rings is 2. The highest BCUT2D eigenvalue weighted by Gasteiger charge is 2.20. The fourth-order valence-electron chi connectivity index (χ4n) is 2.55. The van der Waals surface area contributed by atoms with Gasteiger partial charge in [-0.1, -0.05) is 42.0 Å². The average Bonchev–Trinajstić information content (AvgIpc) is 2.74. The fourth-order valence-corrected chi connectivity index (χ4v) is 2.55. The molecule has 0 unspecified atom stereocenters. The molecule has 1 heteroatoms. The van der Waals surface area contributed by atoms with Crippen molar-refractivity contribution in [2.24, 2.45) is 0 Å². The maximum Gasteiger partial charge on any atom is 0.0342 e. The first kappa shape index (κ1) is 10.4. The Morgan fingerprint density at radius 2 is 1.47 bits per heavy atom. The molecule has 3 rings (SSSR count). The van der Waals surface area contributed by atoms with Crippen LogP contribution in [0.4, 0.5) is 5.69 Å². The molecule has 1 nitrogen and oxygen atoms in total. The molecule has 0 heterocycles. The summed E-state index contributed by atoms with van der Waals surface area (Å²) in [5.41, 5.74) is 5.54. The van der Waals surface area contributed by atoms with Gasteiger partial charge in [0.15, 0.2) is 0 Å². The van der Waals surface area contributed by atoms with Crippen molar-refractivity contribution >= 4 is 5.69 Å². The van der Waals surface area contributed by atoms with Gasteiger partial charge in [-0.2, -0.15) is 0 Å². The molecule has 0 radical (unpaired) electrons. The Bertz CT molecular complexity index is 488. The molecule has 2 aromatic carbocycles. The third-order valence-electron chi connectivity index (χ3n) is 3.47. The van der Waals surface area contributed by atoms with Crippen LogP contribution in [0, 0.1) is 6.92 Å². The smallest absolute Gasteiger partial charge is 0.0342 e. The van der Waals surface area contributed by atoms with Crippen molar-refractivity contribution in [2.75, 3.05) is 5.32 Å². The van der Waals surface area contributed by atoms with Crippen LogP contribution in [0.2, 0.25) is 0 Å². The molecule has 0 saturated carbocycles. The van der Waals surface area contributed by atoms with Gasteiger partial charge < -0.3 is 5.32 Å². The van der Waals surface area contributed by atoms with Gasteiger partial charge in [-0.3, -0.25) is 0 Å². The number of hydrogen-bond donors (Lipinski definition) is 1. The van der Waals surface area contributed by atoms with E-state index >= 15 is 0 Å². The predicted molar refractivity (Wildman–Crippen MR) is 72.4 cm³/mol. The number of aryl methyl sites for hydroxylation is 1. The molecule has 1 aliphatic rings. The Morgan fingerprint density at radius 3 is 2.06 bits per heavy atom. The van der Waals surface area contributed by atoms with Crippen LogP contribution in [0.3, 0.4) is 0 Å². The SMILES string of the molecule is Cc1ccc(NC2Cc3ccccc3C2)cc1. The van der Waals surface area contributed by atoms with Crippen molar-refractivity contribution in [3.63, 3.8) is 0 Å². The summed E-state index contributed by atoms with van der Waals surface area (Å²) < 4.78 is 0. The topological polar surface area (TPSA) is 12.0 Å². The van der Waals surface area contributed by atoms with E-state index in [0.29, 0.717) is 6.04 Å². The Balaban J connectivity index is 1.71. The highest BCUT2D eigenvalue weighted by Crippen LogP contribution is 2.24. The lowest BCUT2D eigenvalue weighted by molar-refractivity contribution is 0.774. The van der Waals surface area contributed by atoms with E-state index in [0.717, 1.165) is 12.8 Å². The molecule has 0 atom stereocenters. The maximum atomic E-state index is 3.62. The van der Waals surface area contributed by atoms with Crippen molar-refractivity contribution in [3.05, 3.63) is 65.2 Å². The van der Waals surface area contributed by atoms with Crippen molar-refractivity contribution in [3.8, 4) is 0 Å². The maximum absolute atomic E-state index is 3.62. The van der Waals surface area contributed by atoms with E-state index in [9.17, 15) is 0 Å². The quantitative estimate of drug-likeness (QED) is 0.820. The van der Waals surface area contributed by atoms with Gasteiger partial charge >= 0.3 is 0 Å². The van der Waals surface area contributed by atoms with E-state index in [1.54, 1.807) is 0 Å². The molecule has 0 saturated heterocycles. The summed E-state index contributed by atoms with van der Waals surface area (Å²) in [5.74, 6) is 0. The Kier molecular flexibility index (Phi) is 2.60. The monoisotopic (exact) mass is 223 g/mol. The molecule has 0 spiro atoms. The molecule has 1 N–H and O–H groups in total. The van der Waals surface area contributed by atoms with Crippen LogP contribution in [0.15, 0.2) is 48.5 Å². The van der Waals surface area contributed by atoms with Crippen molar-refractivity contribution in [1.29, 1.82) is 0 Å². The number of nitrogens with one attached hydrogen (secondary N) is 1. The normalized spacial score (nSPS) is 14.6. The van der Waals surface area contributed by atoms with Gasteiger partial charge in [0.05, 0.1) is 0 Å². The van der Waals surface area contributed by atoms with Gasteiger partial charge in [-0.15, -0.1) is 0 Å². The number of rotatable bonds is 2. The van der Waals surface area contributed by atoms with Gasteiger partial charge in [0, 0.05) is 11.7 Å². The summed E-state index contributed by atoms with van der Waals surface area (Å²) in [7, 11) is 0. The van der Waals surface area contributed by atoms with E-state index < -0.39 is 0 Å². The molecule has 0 aromatic heterocycles. The highest BCUT2D eigenvalue weighted by molar-refractivity contribution is 5.47. The largest absolute Gasteiger partial charge is 0.382 e. The summed E-state index contributed by atoms with van der Waals surface area (Å²) in [4.78, 5) is 0. The summed E-state index contributed by atoms with van der Waals surface area (Å²) in [6.45, 7) is 2.12. The van der Waals surface area contributed by atoms with Crippen LogP contribution < -0.4 is 5.32 Å². The van der Waals surface area contributed by atoms with Crippen molar-refractivity contribution in [2.45, 2.75) is 25.8 Å². The first-order valence-corrected chi connectivity index (χ1v) is 6.21. The molecular weight excluding hydrogens is 206 g/mol. The minimum atomic E-state index is 0.551. The molecule has 0 fully saturated rings. The Labute approximate surface area is 102 Å². The second kappa shape index (κ2) is 4.25. The third kappa shape index (κ3) is 2.19. The molecule has 86 valence electrons. The van der Waals surface area contributed by atoms with Crippen LogP contribution in [0.5, 0.6) is 0 Å². The summed E-state index contributed by atoms with van der Waals surface area (Å²) >= 11 is 0. The van der Waals surface area contributed by atoms with Crippen LogP contribution in [0.1, 0.15) is 16.7 Å². The van der Waals surface area contributed by atoms with Gasteiger partial charge in [-0.25, -0.2) is 0 Å². The van der Waals surface area contributed by atoms with Crippen LogP contribution in [-0.2, 0) is 12.8 Å². The lowest BCUT2D eigenvalue weighted by Crippen LogP contribution is -2.19. The molecule has 0 amide bonds. The predicted octanol–water partition coefficient (Wildman–Crippen LogP) is 3.57. The average molecular weight is 223 g/mol. The van der Waals surface area contributed by atoms with Gasteiger partial charge in [0.2, 0.25) is 0 Å². The van der Waals surface area contributed by atoms with Crippen molar-refractivity contribution in [1.82, 2.24) is 0 Å². The van der Waals surface area contributed by atoms with Crippen molar-refractivity contribution < 1.29 is 0 Å². The minimum absolute atomic E-state index is 0.551. The Morgan fingerprint density at radius 1 is 0.882 bits per heavy atom. The number of fused-ring (bicyclic) bond motifs is 1. The second-order valence-electron chi connectivity index (χ2n) is 4.88. The van der Waals surface area contributed by atoms with Crippen LogP contribution in [-0.4, -0.2) is 6.04 Å². The Hall–Kier alpha value is -1.76. The highest BCUT2D eigenvalue weighted by atomic mass is 14.9. The lowest BCUT2D eigenvalue weighted by Gasteiger charge is -2.13. The van der Waals surface area contributed by atoms with E-state index in [1.807, 2.05) is 0 Å². The minimum Gasteiger partial charge on any atom is -0.382 e. The zero-order chi connectivity index (χ0) is 11.7. The summed E-state index contributed by atoms with van der Waals surface area (Å²) in [6.07, 6.45) is 2.29. The van der Waals surface area contributed by atoms with Crippen LogP contribution >= 0.6 is 0 Å². The standard InChI is InChI=1S/C16H17N/c1-12-6-8-15(9-7-12)17-16-10-13-4-2-3-5-14(13)11-16/h2-9,16-17H,10-11H2,1H3. The van der Waals surface area contributed by atoms with E-state index in [4.69, 9.17) is 0 Å².